The van der Waals surface area contributed by atoms with E-state index in [1.54, 1.807) is 24.3 Å². The summed E-state index contributed by atoms with van der Waals surface area (Å²) < 4.78 is 11.1. The van der Waals surface area contributed by atoms with E-state index in [1.807, 2.05) is 11.4 Å². The Kier molecular flexibility index (Phi) is 7.58. The Morgan fingerprint density at radius 2 is 2.00 bits per heavy atom. The molecule has 2 aromatic rings. The number of rotatable bonds is 7. The predicted octanol–water partition coefficient (Wildman–Crippen LogP) is 3.12. The lowest BCUT2D eigenvalue weighted by Crippen LogP contribution is -2.52. The van der Waals surface area contributed by atoms with Crippen molar-refractivity contribution < 1.29 is 19.1 Å². The summed E-state index contributed by atoms with van der Waals surface area (Å²) in [6, 6.07) is 8.67. The summed E-state index contributed by atoms with van der Waals surface area (Å²) >= 11 is 7.59. The van der Waals surface area contributed by atoms with Gasteiger partial charge in [0.25, 0.3) is 11.8 Å². The number of anilines is 1. The molecule has 2 unspecified atom stereocenters. The number of hydrogen-bond acceptors (Lipinski definition) is 6. The molecule has 0 saturated carbocycles. The van der Waals surface area contributed by atoms with Gasteiger partial charge in [0.2, 0.25) is 0 Å². The number of benzene rings is 1. The first-order chi connectivity index (χ1) is 15.1. The third-order valence-electron chi connectivity index (χ3n) is 5.72. The van der Waals surface area contributed by atoms with Gasteiger partial charge in [-0.3, -0.25) is 14.5 Å². The second-order valence-electron chi connectivity index (χ2n) is 7.68. The van der Waals surface area contributed by atoms with Crippen LogP contribution in [0.4, 0.5) is 5.69 Å². The smallest absolute Gasteiger partial charge is 0.265 e. The number of nitrogens with zero attached hydrogens (tertiary/aromatic N) is 1. The van der Waals surface area contributed by atoms with Gasteiger partial charge in [-0.1, -0.05) is 17.7 Å². The van der Waals surface area contributed by atoms with Crippen molar-refractivity contribution in [1.29, 1.82) is 0 Å². The Balaban J connectivity index is 1.41. The highest BCUT2D eigenvalue weighted by Gasteiger charge is 2.31. The summed E-state index contributed by atoms with van der Waals surface area (Å²) in [6.07, 6.45) is 0.998. The maximum absolute atomic E-state index is 12.9. The Hall–Kier alpha value is -1.97. The first kappa shape index (κ1) is 22.2. The Morgan fingerprint density at radius 1 is 1.16 bits per heavy atom. The molecule has 0 aliphatic carbocycles. The van der Waals surface area contributed by atoms with Crippen LogP contribution in [0.15, 0.2) is 35.7 Å². The molecule has 2 aliphatic rings. The molecule has 2 amide bonds. The van der Waals surface area contributed by atoms with Gasteiger partial charge in [-0.05, 0) is 36.1 Å². The molecule has 2 fully saturated rings. The molecule has 9 heteroatoms. The average molecular weight is 464 g/mol. The lowest BCUT2D eigenvalue weighted by molar-refractivity contribution is 0.00166. The van der Waals surface area contributed by atoms with Gasteiger partial charge < -0.3 is 20.1 Å². The summed E-state index contributed by atoms with van der Waals surface area (Å²) in [6.45, 7) is 5.16. The average Bonchev–Trinajstić information content (AvgIpc) is 3.51. The molecule has 0 spiro atoms. The minimum Gasteiger partial charge on any atom is -0.381 e. The van der Waals surface area contributed by atoms with E-state index >= 15 is 0 Å². The van der Waals surface area contributed by atoms with Crippen LogP contribution < -0.4 is 10.6 Å². The summed E-state index contributed by atoms with van der Waals surface area (Å²) in [5.74, 6) is -0.0483. The summed E-state index contributed by atoms with van der Waals surface area (Å²) in [5, 5.41) is 8.08. The van der Waals surface area contributed by atoms with Crippen molar-refractivity contribution in [3.05, 3.63) is 51.2 Å². The maximum atomic E-state index is 12.9. The number of carbonyl (C=O) groups is 2. The maximum Gasteiger partial charge on any atom is 0.265 e. The van der Waals surface area contributed by atoms with Crippen molar-refractivity contribution in [1.82, 2.24) is 10.2 Å². The zero-order valence-electron chi connectivity index (χ0n) is 17.1. The van der Waals surface area contributed by atoms with Crippen LogP contribution in [0.5, 0.6) is 0 Å². The molecule has 3 heterocycles. The van der Waals surface area contributed by atoms with Crippen molar-refractivity contribution in [3.63, 3.8) is 0 Å². The van der Waals surface area contributed by atoms with Gasteiger partial charge in [0.05, 0.1) is 35.4 Å². The van der Waals surface area contributed by atoms with Crippen molar-refractivity contribution in [2.45, 2.75) is 12.5 Å². The predicted molar refractivity (Wildman–Crippen MR) is 121 cm³/mol. The quantitative estimate of drug-likeness (QED) is 0.659. The number of halogens is 1. The van der Waals surface area contributed by atoms with E-state index in [4.69, 9.17) is 21.1 Å². The molecular formula is C22H26ClN3O4S. The molecule has 166 valence electrons. The molecule has 2 atom stereocenters. The molecule has 0 radical (unpaired) electrons. The molecule has 4 rings (SSSR count). The number of nitrogens with one attached hydrogen (secondary N) is 2. The number of thiophene rings is 1. The molecule has 1 aromatic carbocycles. The Morgan fingerprint density at radius 3 is 2.71 bits per heavy atom. The fourth-order valence-corrected chi connectivity index (χ4v) is 4.80. The van der Waals surface area contributed by atoms with Crippen LogP contribution in [0.25, 0.3) is 0 Å². The third-order valence-corrected chi connectivity index (χ3v) is 6.92. The number of amides is 2. The van der Waals surface area contributed by atoms with E-state index in [0.29, 0.717) is 46.8 Å². The molecule has 2 aliphatic heterocycles. The van der Waals surface area contributed by atoms with E-state index in [0.717, 1.165) is 32.7 Å². The van der Waals surface area contributed by atoms with Gasteiger partial charge in [-0.25, -0.2) is 0 Å². The van der Waals surface area contributed by atoms with E-state index in [2.05, 4.69) is 15.5 Å². The molecule has 1 aromatic heterocycles. The standard InChI is InChI=1S/C22H26ClN3O4S/c23-17-4-3-15(12-18(17)25-22(28)20-2-1-11-31-20)21(27)24-13-19(16-5-8-30-14-16)26-6-9-29-10-7-26/h1-4,11-12,16,19H,5-10,13-14H2,(H,24,27)(H,25,28). The van der Waals surface area contributed by atoms with Gasteiger partial charge in [-0.15, -0.1) is 11.3 Å². The van der Waals surface area contributed by atoms with Crippen LogP contribution in [-0.2, 0) is 9.47 Å². The fourth-order valence-electron chi connectivity index (χ4n) is 4.01. The first-order valence-electron chi connectivity index (χ1n) is 10.4. The van der Waals surface area contributed by atoms with E-state index in [-0.39, 0.29) is 17.9 Å². The molecule has 31 heavy (non-hydrogen) atoms. The van der Waals surface area contributed by atoms with Gasteiger partial charge in [0.15, 0.2) is 0 Å². The van der Waals surface area contributed by atoms with E-state index < -0.39 is 0 Å². The van der Waals surface area contributed by atoms with Gasteiger partial charge in [0.1, 0.15) is 0 Å². The topological polar surface area (TPSA) is 79.9 Å². The molecular weight excluding hydrogens is 438 g/mol. The lowest BCUT2D eigenvalue weighted by Gasteiger charge is -2.37. The largest absolute Gasteiger partial charge is 0.381 e. The first-order valence-corrected chi connectivity index (χ1v) is 11.7. The van der Waals surface area contributed by atoms with Crippen molar-refractivity contribution in [2.24, 2.45) is 5.92 Å². The molecule has 0 bridgehead atoms. The van der Waals surface area contributed by atoms with Crippen LogP contribution >= 0.6 is 22.9 Å². The van der Waals surface area contributed by atoms with Crippen molar-refractivity contribution in [3.8, 4) is 0 Å². The minimum absolute atomic E-state index is 0.194. The van der Waals surface area contributed by atoms with Crippen LogP contribution in [-0.4, -0.2) is 68.8 Å². The van der Waals surface area contributed by atoms with Gasteiger partial charge >= 0.3 is 0 Å². The Bertz CT molecular complexity index is 896. The normalized spacial score (nSPS) is 20.4. The lowest BCUT2D eigenvalue weighted by atomic mass is 9.96. The highest BCUT2D eigenvalue weighted by Crippen LogP contribution is 2.25. The summed E-state index contributed by atoms with van der Waals surface area (Å²) in [4.78, 5) is 28.2. The SMILES string of the molecule is O=C(NCC(C1CCOC1)N1CCOCC1)c1ccc(Cl)c(NC(=O)c2cccs2)c1. The summed E-state index contributed by atoms with van der Waals surface area (Å²) in [7, 11) is 0. The van der Waals surface area contributed by atoms with Crippen LogP contribution in [0.1, 0.15) is 26.5 Å². The number of hydrogen-bond donors (Lipinski definition) is 2. The number of carbonyl (C=O) groups excluding carboxylic acids is 2. The van der Waals surface area contributed by atoms with Crippen LogP contribution in [0.3, 0.4) is 0 Å². The highest BCUT2D eigenvalue weighted by atomic mass is 35.5. The third kappa shape index (κ3) is 5.64. The van der Waals surface area contributed by atoms with Crippen LogP contribution in [0.2, 0.25) is 5.02 Å². The molecule has 7 nitrogen and oxygen atoms in total. The number of ether oxygens (including phenoxy) is 2. The fraction of sp³-hybridized carbons (Fsp3) is 0.455. The number of morpholine rings is 1. The zero-order valence-corrected chi connectivity index (χ0v) is 18.7. The second kappa shape index (κ2) is 10.6. The monoisotopic (exact) mass is 463 g/mol. The molecule has 2 saturated heterocycles. The zero-order chi connectivity index (χ0) is 21.6. The molecule has 2 N–H and O–H groups in total. The van der Waals surface area contributed by atoms with Crippen molar-refractivity contribution in [2.75, 3.05) is 51.4 Å². The minimum atomic E-state index is -0.247. The van der Waals surface area contributed by atoms with E-state index in [1.165, 1.54) is 11.3 Å². The van der Waals surface area contributed by atoms with Gasteiger partial charge in [-0.2, -0.15) is 0 Å². The summed E-state index contributed by atoms with van der Waals surface area (Å²) in [5.41, 5.74) is 0.871. The highest BCUT2D eigenvalue weighted by molar-refractivity contribution is 7.12. The van der Waals surface area contributed by atoms with Crippen molar-refractivity contribution >= 4 is 40.4 Å². The van der Waals surface area contributed by atoms with Gasteiger partial charge in [0, 0.05) is 43.8 Å². The van der Waals surface area contributed by atoms with Crippen LogP contribution in [0, 0.1) is 5.92 Å². The van der Waals surface area contributed by atoms with E-state index in [9.17, 15) is 9.59 Å². The Labute approximate surface area is 190 Å². The second-order valence-corrected chi connectivity index (χ2v) is 9.03.